The molecule has 0 aliphatic heterocycles. The van der Waals surface area contributed by atoms with Gasteiger partial charge in [0, 0.05) is 34.4 Å². The monoisotopic (exact) mass is 551 g/mol. The lowest BCUT2D eigenvalue weighted by Crippen LogP contribution is -2.16. The first-order valence-corrected chi connectivity index (χ1v) is 14.4. The van der Waals surface area contributed by atoms with Gasteiger partial charge in [0.2, 0.25) is 0 Å². The van der Waals surface area contributed by atoms with Gasteiger partial charge in [-0.25, -0.2) is 9.59 Å². The van der Waals surface area contributed by atoms with Gasteiger partial charge < -0.3 is 14.3 Å². The van der Waals surface area contributed by atoms with Crippen molar-refractivity contribution in [2.75, 3.05) is 7.11 Å². The van der Waals surface area contributed by atoms with Crippen molar-refractivity contribution in [3.05, 3.63) is 62.0 Å². The van der Waals surface area contributed by atoms with Crippen LogP contribution in [0.25, 0.3) is 0 Å². The Balaban J connectivity index is 0. The molecule has 0 saturated heterocycles. The minimum atomic E-state index is -0.818. The molecule has 38 heavy (non-hydrogen) atoms. The van der Waals surface area contributed by atoms with E-state index in [4.69, 9.17) is 4.42 Å². The zero-order chi connectivity index (χ0) is 29.5. The highest BCUT2D eigenvalue weighted by molar-refractivity contribution is 7.11. The molecule has 0 fully saturated rings. The Morgan fingerprint density at radius 2 is 1.82 bits per heavy atom. The van der Waals surface area contributed by atoms with Crippen molar-refractivity contribution in [1.82, 2.24) is 5.32 Å². The second-order valence-electron chi connectivity index (χ2n) is 8.31. The number of carbonyl (C=O) groups excluding carboxylic acids is 2. The smallest absolute Gasteiger partial charge is 0.410 e. The minimum Gasteiger partial charge on any atom is -0.507 e. The Bertz CT molecular complexity index is 993. The molecule has 0 radical (unpaired) electrons. The van der Waals surface area contributed by atoms with Crippen molar-refractivity contribution in [3.63, 3.8) is 0 Å². The molecular weight excluding hydrogens is 502 g/mol. The zero-order valence-corrected chi connectivity index (χ0v) is 25.6. The highest BCUT2D eigenvalue weighted by atomic mass is 32.1. The van der Waals surface area contributed by atoms with Gasteiger partial charge in [-0.3, -0.25) is 10.1 Å². The average Bonchev–Trinajstić information content (AvgIpc) is 3.33. The number of nitrogens with one attached hydrogen (secondary N) is 1. The van der Waals surface area contributed by atoms with E-state index < -0.39 is 17.5 Å². The topological polar surface area (TPSA) is 106 Å². The van der Waals surface area contributed by atoms with E-state index in [-0.39, 0.29) is 23.7 Å². The summed E-state index contributed by atoms with van der Waals surface area (Å²) in [5, 5.41) is 12.3. The summed E-state index contributed by atoms with van der Waals surface area (Å²) in [4.78, 5) is 37.2. The number of methoxy groups -OCH3 is 1. The number of unbranched alkanes of at least 4 members (excludes halogenated alkanes) is 1. The van der Waals surface area contributed by atoms with Crippen molar-refractivity contribution in [2.24, 2.45) is 0 Å². The van der Waals surface area contributed by atoms with Crippen LogP contribution in [0.4, 0.5) is 4.79 Å². The fourth-order valence-corrected chi connectivity index (χ4v) is 3.84. The summed E-state index contributed by atoms with van der Waals surface area (Å²) in [7, 11) is 1.27. The molecule has 0 aliphatic carbocycles. The van der Waals surface area contributed by atoms with Crippen LogP contribution in [0.2, 0.25) is 0 Å². The second kappa shape index (κ2) is 23.3. The predicted octanol–water partition coefficient (Wildman–Crippen LogP) is 8.53. The number of Topliss-reactive ketones (excluding diaryl/α,β-unsaturated/α-hetero) is 1. The number of hydrogen-bond acceptors (Lipinski definition) is 7. The average molecular weight is 552 g/mol. The van der Waals surface area contributed by atoms with Gasteiger partial charge in [-0.05, 0) is 44.7 Å². The zero-order valence-electron chi connectivity index (χ0n) is 24.8. The van der Waals surface area contributed by atoms with Crippen LogP contribution in [0.1, 0.15) is 119 Å². The summed E-state index contributed by atoms with van der Waals surface area (Å²) in [6.07, 6.45) is 9.17. The lowest BCUT2D eigenvalue weighted by Gasteiger charge is -2.10. The molecule has 8 heteroatoms. The second-order valence-corrected chi connectivity index (χ2v) is 9.69. The van der Waals surface area contributed by atoms with Crippen molar-refractivity contribution in [1.29, 1.82) is 0 Å². The van der Waals surface area contributed by atoms with E-state index in [1.54, 1.807) is 17.9 Å². The number of hydrogen-bond donors (Lipinski definition) is 2. The maximum Gasteiger partial charge on any atom is 0.410 e. The van der Waals surface area contributed by atoms with E-state index in [9.17, 15) is 19.5 Å². The van der Waals surface area contributed by atoms with Gasteiger partial charge in [-0.15, -0.1) is 11.3 Å². The standard InChI is InChI=1S/C16H21NO6.C9H14S.C3H8.C2H6/c1-4-11(18)14-12(19)9-13(23-15(14)20)10(2)7-5-6-8-17-16(21)22-3;1-3-4-5-9-7-6-8(2)10-9;1-3-2;1-2/h6,8-10,19H,4-5,7H2,1-3H3,(H,17,21);6-7H,3-5H2,1-2H3;3H2,1-2H3;1-2H3/b8-6+;;;. The summed E-state index contributed by atoms with van der Waals surface area (Å²) in [5.74, 6) is -0.623. The molecule has 0 saturated carbocycles. The number of thiophene rings is 1. The highest BCUT2D eigenvalue weighted by Gasteiger charge is 2.19. The third-order valence-electron chi connectivity index (χ3n) is 4.88. The van der Waals surface area contributed by atoms with Gasteiger partial charge >= 0.3 is 11.7 Å². The van der Waals surface area contributed by atoms with E-state index in [1.807, 2.05) is 32.1 Å². The van der Waals surface area contributed by atoms with Crippen LogP contribution in [-0.4, -0.2) is 24.1 Å². The maximum atomic E-state index is 11.8. The molecule has 0 aliphatic rings. The maximum absolute atomic E-state index is 11.8. The number of rotatable bonds is 10. The van der Waals surface area contributed by atoms with Crippen molar-refractivity contribution >= 4 is 23.2 Å². The van der Waals surface area contributed by atoms with Gasteiger partial charge in [-0.2, -0.15) is 0 Å². The fraction of sp³-hybridized carbons (Fsp3) is 0.567. The number of ether oxygens (including phenoxy) is 1. The first-order chi connectivity index (χ1) is 18.1. The molecular formula is C30H49NO6S. The van der Waals surface area contributed by atoms with E-state index in [2.05, 4.69) is 49.9 Å². The summed E-state index contributed by atoms with van der Waals surface area (Å²) < 4.78 is 9.54. The van der Waals surface area contributed by atoms with Crippen LogP contribution in [-0.2, 0) is 11.2 Å². The number of carbonyl (C=O) groups is 2. The van der Waals surface area contributed by atoms with Crippen molar-refractivity contribution in [2.45, 2.75) is 106 Å². The first-order valence-electron chi connectivity index (χ1n) is 13.6. The van der Waals surface area contributed by atoms with Gasteiger partial charge in [0.1, 0.15) is 17.1 Å². The SMILES string of the molecule is CC.CCC.CCC(=O)c1c(O)cc(C(C)CC/C=C/NC(=O)OC)oc1=O.CCCCc1ccc(C)s1. The van der Waals surface area contributed by atoms with Crippen molar-refractivity contribution in [3.8, 4) is 5.75 Å². The number of allylic oxidation sites excluding steroid dienone is 1. The Morgan fingerprint density at radius 3 is 2.29 bits per heavy atom. The molecule has 2 aromatic heterocycles. The van der Waals surface area contributed by atoms with Gasteiger partial charge in [0.15, 0.2) is 5.78 Å². The lowest BCUT2D eigenvalue weighted by molar-refractivity contribution is 0.0980. The number of ketones is 1. The third kappa shape index (κ3) is 16.1. The molecule has 0 bridgehead atoms. The molecule has 2 aromatic rings. The summed E-state index contributed by atoms with van der Waals surface area (Å²) >= 11 is 1.93. The van der Waals surface area contributed by atoms with E-state index >= 15 is 0 Å². The van der Waals surface area contributed by atoms with Crippen LogP contribution in [0.5, 0.6) is 5.75 Å². The molecule has 1 unspecified atom stereocenters. The fourth-order valence-electron chi connectivity index (χ4n) is 2.90. The van der Waals surface area contributed by atoms with Crippen LogP contribution >= 0.6 is 11.3 Å². The molecule has 2 rings (SSSR count). The quantitative estimate of drug-likeness (QED) is 0.287. The summed E-state index contributed by atoms with van der Waals surface area (Å²) in [5.41, 5.74) is -1.12. The minimum absolute atomic E-state index is 0.116. The number of aromatic hydroxyl groups is 1. The first kappa shape index (κ1) is 37.3. The number of aryl methyl sites for hydroxylation is 2. The van der Waals surface area contributed by atoms with E-state index in [0.29, 0.717) is 18.6 Å². The Kier molecular flexibility index (Phi) is 22.8. The summed E-state index contributed by atoms with van der Waals surface area (Å²) in [6, 6.07) is 5.76. The van der Waals surface area contributed by atoms with Crippen molar-refractivity contribution < 1.29 is 23.8 Å². The number of amides is 1. The molecule has 0 spiro atoms. The number of alkyl carbamates (subject to hydrolysis) is 1. The lowest BCUT2D eigenvalue weighted by atomic mass is 10.0. The highest BCUT2D eigenvalue weighted by Crippen LogP contribution is 2.25. The van der Waals surface area contributed by atoms with E-state index in [0.717, 1.165) is 0 Å². The molecule has 0 aromatic carbocycles. The molecule has 2 heterocycles. The third-order valence-corrected chi connectivity index (χ3v) is 5.94. The largest absolute Gasteiger partial charge is 0.507 e. The van der Waals surface area contributed by atoms with Gasteiger partial charge in [-0.1, -0.05) is 67.4 Å². The van der Waals surface area contributed by atoms with Crippen LogP contribution < -0.4 is 10.9 Å². The molecule has 7 nitrogen and oxygen atoms in total. The predicted molar refractivity (Wildman–Crippen MR) is 159 cm³/mol. The Morgan fingerprint density at radius 1 is 1.18 bits per heavy atom. The normalized spacial score (nSPS) is 10.7. The molecule has 1 amide bonds. The Labute approximate surface area is 233 Å². The van der Waals surface area contributed by atoms with Gasteiger partial charge in [0.05, 0.1) is 7.11 Å². The Hall–Kier alpha value is -2.87. The summed E-state index contributed by atoms with van der Waals surface area (Å²) in [6.45, 7) is 16.1. The molecule has 1 atom stereocenters. The molecule has 2 N–H and O–H groups in total. The van der Waals surface area contributed by atoms with Gasteiger partial charge in [0.25, 0.3) is 0 Å². The van der Waals surface area contributed by atoms with Crippen LogP contribution in [0, 0.1) is 6.92 Å². The van der Waals surface area contributed by atoms with Crippen LogP contribution in [0.15, 0.2) is 39.7 Å². The van der Waals surface area contributed by atoms with Crippen LogP contribution in [0.3, 0.4) is 0 Å². The van der Waals surface area contributed by atoms with E-state index in [1.165, 1.54) is 49.9 Å². The molecule has 216 valence electrons.